The average molecular weight is 533 g/mol. The first kappa shape index (κ1) is 20.3. The van der Waals surface area contributed by atoms with Gasteiger partial charge in [-0.15, -0.1) is 0 Å². The molecule has 0 unspecified atom stereocenters. The first-order valence-electron chi connectivity index (χ1n) is 8.82. The van der Waals surface area contributed by atoms with E-state index in [0.29, 0.717) is 10.7 Å². The van der Waals surface area contributed by atoms with Crippen LogP contribution in [0, 0.1) is 10.5 Å². The zero-order valence-corrected chi connectivity index (χ0v) is 19.2. The first-order valence-corrected chi connectivity index (χ1v) is 11.5. The van der Waals surface area contributed by atoms with Crippen LogP contribution in [-0.2, 0) is 11.3 Å². The molecule has 2 amide bonds. The number of furan rings is 1. The van der Waals surface area contributed by atoms with Gasteiger partial charge in [-0.1, -0.05) is 41.6 Å². The van der Waals surface area contributed by atoms with E-state index >= 15 is 0 Å². The largest absolute Gasteiger partial charge is 0.450 e. The molecule has 1 fully saturated rings. The summed E-state index contributed by atoms with van der Waals surface area (Å²) in [6.45, 7) is 2.32. The van der Waals surface area contributed by atoms with E-state index in [1.54, 1.807) is 6.08 Å². The van der Waals surface area contributed by atoms with E-state index in [-0.39, 0.29) is 17.7 Å². The molecular formula is C22H16INO3S2. The van der Waals surface area contributed by atoms with Crippen molar-refractivity contribution in [1.82, 2.24) is 4.90 Å². The summed E-state index contributed by atoms with van der Waals surface area (Å²) in [7, 11) is 0. The fraction of sp³-hybridized carbons (Fsp3) is 0.0909. The number of hydrogen-bond acceptors (Lipinski definition) is 5. The molecule has 3 aromatic rings. The standard InChI is InChI=1S/C22H16INO3S2/c1-14-2-9-18(10-3-14)28-20-11-8-17(27-20)12-19-21(25)24(22(26)29-19)13-15-4-6-16(23)7-5-15/h2-12H,13H2,1H3/b19-12-. The number of halogens is 1. The topological polar surface area (TPSA) is 50.5 Å². The second-order valence-corrected chi connectivity index (χ2v) is 9.78. The van der Waals surface area contributed by atoms with Gasteiger partial charge in [-0.25, -0.2) is 0 Å². The number of imide groups is 1. The highest BCUT2D eigenvalue weighted by molar-refractivity contribution is 14.1. The summed E-state index contributed by atoms with van der Waals surface area (Å²) >= 11 is 4.68. The highest BCUT2D eigenvalue weighted by atomic mass is 127. The minimum atomic E-state index is -0.289. The van der Waals surface area contributed by atoms with Gasteiger partial charge in [0.15, 0.2) is 5.09 Å². The molecule has 2 aromatic carbocycles. The zero-order valence-electron chi connectivity index (χ0n) is 15.4. The van der Waals surface area contributed by atoms with Crippen molar-refractivity contribution in [3.05, 3.63) is 86.0 Å². The van der Waals surface area contributed by atoms with E-state index in [2.05, 4.69) is 34.7 Å². The lowest BCUT2D eigenvalue weighted by molar-refractivity contribution is -0.123. The summed E-state index contributed by atoms with van der Waals surface area (Å²) in [4.78, 5) is 27.7. The maximum atomic E-state index is 12.7. The molecule has 0 atom stereocenters. The number of nitrogens with zero attached hydrogens (tertiary/aromatic N) is 1. The van der Waals surface area contributed by atoms with Crippen LogP contribution in [0.15, 0.2) is 80.0 Å². The Balaban J connectivity index is 1.46. The molecule has 0 saturated carbocycles. The molecule has 4 nitrogen and oxygen atoms in total. The van der Waals surface area contributed by atoms with Gasteiger partial charge >= 0.3 is 0 Å². The predicted octanol–water partition coefficient (Wildman–Crippen LogP) is 6.58. The summed E-state index contributed by atoms with van der Waals surface area (Å²) in [6, 6.07) is 19.6. The summed E-state index contributed by atoms with van der Waals surface area (Å²) in [5, 5.41) is 0.471. The molecule has 0 aliphatic carbocycles. The van der Waals surface area contributed by atoms with Crippen molar-refractivity contribution >= 4 is 63.3 Å². The van der Waals surface area contributed by atoms with Crippen LogP contribution >= 0.6 is 46.1 Å². The molecule has 4 rings (SSSR count). The van der Waals surface area contributed by atoms with E-state index in [1.165, 1.54) is 22.2 Å². The quantitative estimate of drug-likeness (QED) is 0.274. The average Bonchev–Trinajstić information content (AvgIpc) is 3.25. The van der Waals surface area contributed by atoms with Crippen molar-refractivity contribution in [2.24, 2.45) is 0 Å². The van der Waals surface area contributed by atoms with Gasteiger partial charge in [0.25, 0.3) is 11.1 Å². The summed E-state index contributed by atoms with van der Waals surface area (Å²) in [5.74, 6) is 0.266. The second-order valence-electron chi connectivity index (χ2n) is 6.47. The van der Waals surface area contributed by atoms with Crippen molar-refractivity contribution in [3.8, 4) is 0 Å². The zero-order chi connectivity index (χ0) is 20.4. The van der Waals surface area contributed by atoms with Crippen LogP contribution in [0.1, 0.15) is 16.9 Å². The first-order chi connectivity index (χ1) is 14.0. The van der Waals surface area contributed by atoms with Crippen LogP contribution in [0.3, 0.4) is 0 Å². The Bertz CT molecular complexity index is 1090. The number of amides is 2. The van der Waals surface area contributed by atoms with E-state index in [9.17, 15) is 9.59 Å². The number of hydrogen-bond donors (Lipinski definition) is 0. The van der Waals surface area contributed by atoms with Gasteiger partial charge in [0.05, 0.1) is 11.4 Å². The van der Waals surface area contributed by atoms with E-state index in [0.717, 1.165) is 30.9 Å². The van der Waals surface area contributed by atoms with Crippen LogP contribution in [0.5, 0.6) is 0 Å². The molecule has 7 heteroatoms. The molecule has 2 heterocycles. The normalized spacial score (nSPS) is 15.5. The fourth-order valence-corrected chi connectivity index (χ4v) is 4.68. The maximum absolute atomic E-state index is 12.7. The monoisotopic (exact) mass is 533 g/mol. The number of carbonyl (C=O) groups is 2. The Morgan fingerprint density at radius 2 is 1.76 bits per heavy atom. The summed E-state index contributed by atoms with van der Waals surface area (Å²) in [6.07, 6.45) is 1.64. The number of aryl methyl sites for hydroxylation is 1. The van der Waals surface area contributed by atoms with Crippen molar-refractivity contribution in [2.75, 3.05) is 0 Å². The van der Waals surface area contributed by atoms with Gasteiger partial charge in [-0.2, -0.15) is 0 Å². The van der Waals surface area contributed by atoms with Crippen LogP contribution in [0.2, 0.25) is 0 Å². The molecule has 0 spiro atoms. The molecule has 1 saturated heterocycles. The van der Waals surface area contributed by atoms with Crippen molar-refractivity contribution < 1.29 is 14.0 Å². The minimum Gasteiger partial charge on any atom is -0.450 e. The maximum Gasteiger partial charge on any atom is 0.293 e. The van der Waals surface area contributed by atoms with Crippen molar-refractivity contribution in [1.29, 1.82) is 0 Å². The van der Waals surface area contributed by atoms with Gasteiger partial charge < -0.3 is 4.42 Å². The van der Waals surface area contributed by atoms with E-state index in [1.807, 2.05) is 55.5 Å². The van der Waals surface area contributed by atoms with Gasteiger partial charge in [0, 0.05) is 14.5 Å². The number of thioether (sulfide) groups is 1. The summed E-state index contributed by atoms with van der Waals surface area (Å²) < 4.78 is 6.93. The van der Waals surface area contributed by atoms with Gasteiger partial charge in [0.1, 0.15) is 5.76 Å². The highest BCUT2D eigenvalue weighted by Gasteiger charge is 2.35. The van der Waals surface area contributed by atoms with Crippen LogP contribution in [-0.4, -0.2) is 16.0 Å². The lowest BCUT2D eigenvalue weighted by Crippen LogP contribution is -2.27. The van der Waals surface area contributed by atoms with Gasteiger partial charge in [-0.05, 0) is 83.2 Å². The van der Waals surface area contributed by atoms with Gasteiger partial charge in [-0.3, -0.25) is 14.5 Å². The Labute approximate surface area is 190 Å². The Morgan fingerprint density at radius 1 is 1.03 bits per heavy atom. The molecule has 0 N–H and O–H groups in total. The highest BCUT2D eigenvalue weighted by Crippen LogP contribution is 2.35. The van der Waals surface area contributed by atoms with Crippen LogP contribution < -0.4 is 0 Å². The van der Waals surface area contributed by atoms with Crippen molar-refractivity contribution in [3.63, 3.8) is 0 Å². The fourth-order valence-electron chi connectivity index (χ4n) is 2.73. The third-order valence-corrected chi connectivity index (χ3v) is 6.80. The third-order valence-electron chi connectivity index (χ3n) is 4.24. The van der Waals surface area contributed by atoms with Crippen molar-refractivity contribution in [2.45, 2.75) is 23.5 Å². The number of benzene rings is 2. The number of rotatable bonds is 5. The van der Waals surface area contributed by atoms with E-state index < -0.39 is 0 Å². The smallest absolute Gasteiger partial charge is 0.293 e. The Kier molecular flexibility index (Phi) is 6.17. The molecule has 146 valence electrons. The molecule has 1 aliphatic rings. The number of carbonyl (C=O) groups excluding carboxylic acids is 2. The van der Waals surface area contributed by atoms with Crippen LogP contribution in [0.4, 0.5) is 4.79 Å². The molecule has 0 bridgehead atoms. The minimum absolute atomic E-state index is 0.263. The lowest BCUT2D eigenvalue weighted by Gasteiger charge is -2.12. The molecule has 1 aliphatic heterocycles. The molecule has 29 heavy (non-hydrogen) atoms. The second kappa shape index (κ2) is 8.81. The van der Waals surface area contributed by atoms with Gasteiger partial charge in [0.2, 0.25) is 0 Å². The Morgan fingerprint density at radius 3 is 2.48 bits per heavy atom. The van der Waals surface area contributed by atoms with E-state index in [4.69, 9.17) is 4.42 Å². The third kappa shape index (κ3) is 4.96. The predicted molar refractivity (Wildman–Crippen MR) is 125 cm³/mol. The molecule has 0 radical (unpaired) electrons. The lowest BCUT2D eigenvalue weighted by atomic mass is 10.2. The molecule has 1 aromatic heterocycles. The SMILES string of the molecule is Cc1ccc(Sc2ccc(/C=C3\SC(=O)N(Cc4ccc(I)cc4)C3=O)o2)cc1. The molecular weight excluding hydrogens is 517 g/mol. The summed E-state index contributed by atoms with van der Waals surface area (Å²) in [5.41, 5.74) is 2.12. The Hall–Kier alpha value is -1.97. The van der Waals surface area contributed by atoms with Crippen LogP contribution in [0.25, 0.3) is 6.08 Å².